The molecule has 1 atom stereocenters. The topological polar surface area (TPSA) is 44.2 Å². The van der Waals surface area contributed by atoms with Crippen LogP contribution in [-0.4, -0.2) is 29.3 Å². The van der Waals surface area contributed by atoms with Crippen LogP contribution in [0, 0.1) is 0 Å². The Morgan fingerprint density at radius 1 is 1.44 bits per heavy atom. The van der Waals surface area contributed by atoms with Crippen LogP contribution in [0.5, 0.6) is 5.75 Å². The Morgan fingerprint density at radius 2 is 2.39 bits per heavy atom. The van der Waals surface area contributed by atoms with Crippen LogP contribution in [0.1, 0.15) is 12.8 Å². The largest absolute Gasteiger partial charge is 0.489 e. The summed E-state index contributed by atoms with van der Waals surface area (Å²) in [6, 6.07) is 3.58. The normalized spacial score (nSPS) is 19.3. The van der Waals surface area contributed by atoms with E-state index in [-0.39, 0.29) is 6.10 Å². The summed E-state index contributed by atoms with van der Waals surface area (Å²) >= 11 is 6.03. The molecule has 94 valence electrons. The van der Waals surface area contributed by atoms with E-state index in [9.17, 15) is 0 Å². The first-order valence-electron chi connectivity index (χ1n) is 5.97. The Morgan fingerprint density at radius 3 is 3.22 bits per heavy atom. The lowest BCUT2D eigenvalue weighted by molar-refractivity contribution is 0.0679. The number of aromatic nitrogens is 2. The monoisotopic (exact) mass is 264 g/mol. The van der Waals surface area contributed by atoms with Crippen LogP contribution in [0.3, 0.4) is 0 Å². The van der Waals surface area contributed by atoms with Gasteiger partial charge < -0.3 is 9.47 Å². The Kier molecular flexibility index (Phi) is 3.30. The van der Waals surface area contributed by atoms with Gasteiger partial charge in [-0.25, -0.2) is 4.98 Å². The molecule has 0 N–H and O–H groups in total. The molecule has 0 aliphatic carbocycles. The maximum absolute atomic E-state index is 6.03. The maximum atomic E-state index is 6.03. The summed E-state index contributed by atoms with van der Waals surface area (Å²) in [6.45, 7) is 1.40. The molecule has 5 heteroatoms. The lowest BCUT2D eigenvalue weighted by Gasteiger charge is -2.11. The van der Waals surface area contributed by atoms with E-state index in [2.05, 4.69) is 9.97 Å². The molecule has 0 bridgehead atoms. The van der Waals surface area contributed by atoms with E-state index in [1.807, 2.05) is 6.07 Å². The molecule has 4 nitrogen and oxygen atoms in total. The van der Waals surface area contributed by atoms with Gasteiger partial charge in [-0.05, 0) is 18.9 Å². The second-order valence-electron chi connectivity index (χ2n) is 4.28. The standard InChI is InChI=1S/C13H13ClN2O2/c14-11-3-4-15-12-6-10(7-16-13(11)12)18-8-9-2-1-5-17-9/h3-4,6-7,9H,1-2,5,8H2. The molecule has 3 heterocycles. The van der Waals surface area contributed by atoms with E-state index >= 15 is 0 Å². The molecule has 1 aliphatic heterocycles. The molecule has 0 radical (unpaired) electrons. The summed E-state index contributed by atoms with van der Waals surface area (Å²) in [5, 5.41) is 0.602. The lowest BCUT2D eigenvalue weighted by atomic mass is 10.2. The highest BCUT2D eigenvalue weighted by Gasteiger charge is 2.16. The number of ether oxygens (including phenoxy) is 2. The molecular weight excluding hydrogens is 252 g/mol. The van der Waals surface area contributed by atoms with Crippen LogP contribution in [0.25, 0.3) is 11.0 Å². The van der Waals surface area contributed by atoms with E-state index in [1.165, 1.54) is 0 Å². The van der Waals surface area contributed by atoms with E-state index in [0.29, 0.717) is 22.9 Å². The molecule has 1 aliphatic rings. The minimum absolute atomic E-state index is 0.202. The molecule has 2 aromatic rings. The molecule has 0 aromatic carbocycles. The fourth-order valence-corrected chi connectivity index (χ4v) is 2.22. The zero-order valence-corrected chi connectivity index (χ0v) is 10.6. The van der Waals surface area contributed by atoms with Crippen LogP contribution >= 0.6 is 11.6 Å². The number of pyridine rings is 2. The quantitative estimate of drug-likeness (QED) is 0.855. The van der Waals surface area contributed by atoms with Crippen molar-refractivity contribution in [1.82, 2.24) is 9.97 Å². The maximum Gasteiger partial charge on any atom is 0.139 e. The van der Waals surface area contributed by atoms with Crippen molar-refractivity contribution < 1.29 is 9.47 Å². The highest BCUT2D eigenvalue weighted by Crippen LogP contribution is 2.23. The Bertz CT molecular complexity index is 556. The summed E-state index contributed by atoms with van der Waals surface area (Å²) in [7, 11) is 0. The molecule has 3 rings (SSSR count). The van der Waals surface area contributed by atoms with Gasteiger partial charge in [-0.1, -0.05) is 11.6 Å². The van der Waals surface area contributed by atoms with Gasteiger partial charge in [0.1, 0.15) is 17.9 Å². The number of fused-ring (bicyclic) bond motifs is 1. The van der Waals surface area contributed by atoms with Gasteiger partial charge in [-0.15, -0.1) is 0 Å². The van der Waals surface area contributed by atoms with Crippen molar-refractivity contribution in [3.63, 3.8) is 0 Å². The molecule has 1 fully saturated rings. The molecule has 1 saturated heterocycles. The molecule has 18 heavy (non-hydrogen) atoms. The zero-order chi connectivity index (χ0) is 12.4. The van der Waals surface area contributed by atoms with Gasteiger partial charge in [-0.2, -0.15) is 0 Å². The minimum atomic E-state index is 0.202. The van der Waals surface area contributed by atoms with Crippen LogP contribution in [-0.2, 0) is 4.74 Å². The molecular formula is C13H13ClN2O2. The summed E-state index contributed by atoms with van der Waals surface area (Å²) in [5.74, 6) is 0.702. The Balaban J connectivity index is 1.76. The number of halogens is 1. The lowest BCUT2D eigenvalue weighted by Crippen LogP contribution is -2.16. The second-order valence-corrected chi connectivity index (χ2v) is 4.68. The van der Waals surface area contributed by atoms with Gasteiger partial charge in [0.2, 0.25) is 0 Å². The number of hydrogen-bond donors (Lipinski definition) is 0. The molecule has 2 aromatic heterocycles. The van der Waals surface area contributed by atoms with Crippen molar-refractivity contribution in [2.24, 2.45) is 0 Å². The molecule has 0 saturated carbocycles. The SMILES string of the molecule is Clc1ccnc2cc(OCC3CCCO3)cnc12. The smallest absolute Gasteiger partial charge is 0.139 e. The average Bonchev–Trinajstić information content (AvgIpc) is 2.90. The summed E-state index contributed by atoms with van der Waals surface area (Å²) in [4.78, 5) is 8.49. The molecule has 0 spiro atoms. The first kappa shape index (κ1) is 11.7. The van der Waals surface area contributed by atoms with E-state index in [0.717, 1.165) is 25.0 Å². The van der Waals surface area contributed by atoms with Gasteiger partial charge in [0.05, 0.1) is 22.8 Å². The fourth-order valence-electron chi connectivity index (χ4n) is 2.02. The third-order valence-corrected chi connectivity index (χ3v) is 3.27. The third kappa shape index (κ3) is 2.40. The van der Waals surface area contributed by atoms with Crippen LogP contribution in [0.2, 0.25) is 5.02 Å². The average molecular weight is 265 g/mol. The Labute approximate surface area is 110 Å². The highest BCUT2D eigenvalue weighted by atomic mass is 35.5. The Hall–Kier alpha value is -1.39. The third-order valence-electron chi connectivity index (χ3n) is 2.96. The van der Waals surface area contributed by atoms with Crippen molar-refractivity contribution in [2.75, 3.05) is 13.2 Å². The highest BCUT2D eigenvalue weighted by molar-refractivity contribution is 6.34. The van der Waals surface area contributed by atoms with Crippen molar-refractivity contribution in [2.45, 2.75) is 18.9 Å². The van der Waals surface area contributed by atoms with Gasteiger partial charge in [-0.3, -0.25) is 4.98 Å². The van der Waals surface area contributed by atoms with Crippen LogP contribution < -0.4 is 4.74 Å². The first-order chi connectivity index (χ1) is 8.83. The van der Waals surface area contributed by atoms with Crippen LogP contribution in [0.15, 0.2) is 24.5 Å². The predicted molar refractivity (Wildman–Crippen MR) is 69.0 cm³/mol. The van der Waals surface area contributed by atoms with Crippen molar-refractivity contribution in [3.05, 3.63) is 29.5 Å². The van der Waals surface area contributed by atoms with E-state index in [1.54, 1.807) is 18.5 Å². The van der Waals surface area contributed by atoms with E-state index in [4.69, 9.17) is 21.1 Å². The first-order valence-corrected chi connectivity index (χ1v) is 6.35. The van der Waals surface area contributed by atoms with E-state index < -0.39 is 0 Å². The predicted octanol–water partition coefficient (Wildman–Crippen LogP) is 2.84. The van der Waals surface area contributed by atoms with Gasteiger partial charge >= 0.3 is 0 Å². The zero-order valence-electron chi connectivity index (χ0n) is 9.80. The fraction of sp³-hybridized carbons (Fsp3) is 0.385. The van der Waals surface area contributed by atoms with Crippen LogP contribution in [0.4, 0.5) is 0 Å². The van der Waals surface area contributed by atoms with Crippen molar-refractivity contribution in [1.29, 1.82) is 0 Å². The minimum Gasteiger partial charge on any atom is -0.489 e. The van der Waals surface area contributed by atoms with Crippen molar-refractivity contribution >= 4 is 22.6 Å². The summed E-state index contributed by atoms with van der Waals surface area (Å²) < 4.78 is 11.2. The van der Waals surface area contributed by atoms with Gasteiger partial charge in [0.25, 0.3) is 0 Å². The van der Waals surface area contributed by atoms with Crippen molar-refractivity contribution in [3.8, 4) is 5.75 Å². The number of nitrogens with zero attached hydrogens (tertiary/aromatic N) is 2. The second kappa shape index (κ2) is 5.08. The van der Waals surface area contributed by atoms with Gasteiger partial charge in [0.15, 0.2) is 0 Å². The summed E-state index contributed by atoms with van der Waals surface area (Å²) in [5.41, 5.74) is 1.44. The number of rotatable bonds is 3. The molecule has 0 amide bonds. The summed E-state index contributed by atoms with van der Waals surface area (Å²) in [6.07, 6.45) is 5.71. The number of hydrogen-bond acceptors (Lipinski definition) is 4. The molecule has 1 unspecified atom stereocenters. The van der Waals surface area contributed by atoms with Gasteiger partial charge in [0, 0.05) is 18.9 Å².